The van der Waals surface area contributed by atoms with Crippen LogP contribution in [0, 0.1) is 11.6 Å². The van der Waals surface area contributed by atoms with E-state index in [1.165, 1.54) is 6.07 Å². The number of rotatable bonds is 4. The van der Waals surface area contributed by atoms with E-state index < -0.39 is 28.4 Å². The van der Waals surface area contributed by atoms with Gasteiger partial charge in [0.2, 0.25) is 0 Å². The Morgan fingerprint density at radius 3 is 2.58 bits per heavy atom. The maximum absolute atomic E-state index is 14.3. The van der Waals surface area contributed by atoms with E-state index in [0.29, 0.717) is 0 Å². The van der Waals surface area contributed by atoms with E-state index in [2.05, 4.69) is 4.98 Å². The summed E-state index contributed by atoms with van der Waals surface area (Å²) in [4.78, 5) is 15.9. The normalized spacial score (nSPS) is 10.6. The minimum Gasteiger partial charge on any atom is -0.493 e. The Morgan fingerprint density at radius 2 is 2.00 bits per heavy atom. The first-order valence-corrected chi connectivity index (χ1v) is 7.42. The summed E-state index contributed by atoms with van der Waals surface area (Å²) in [5.74, 6) is -3.18. The molecular formula is C15H12Cl2F2N2O3. The molecule has 0 atom stereocenters. The van der Waals surface area contributed by atoms with Crippen LogP contribution in [0.3, 0.4) is 0 Å². The highest BCUT2D eigenvalue weighted by Crippen LogP contribution is 2.39. The summed E-state index contributed by atoms with van der Waals surface area (Å²) < 4.78 is 38.1. The minimum atomic E-state index is -0.969. The van der Waals surface area contributed by atoms with Gasteiger partial charge in [-0.1, -0.05) is 23.2 Å². The van der Waals surface area contributed by atoms with Gasteiger partial charge in [-0.2, -0.15) is 0 Å². The molecule has 0 aliphatic carbocycles. The maximum atomic E-state index is 14.3. The second-order valence-corrected chi connectivity index (χ2v) is 5.33. The van der Waals surface area contributed by atoms with Crippen molar-refractivity contribution in [3.63, 3.8) is 0 Å². The molecule has 1 heterocycles. The largest absolute Gasteiger partial charge is 0.493 e. The number of halogens is 4. The number of methoxy groups -OCH3 is 1. The molecule has 0 radical (unpaired) electrons. The lowest BCUT2D eigenvalue weighted by Gasteiger charge is -2.14. The molecule has 0 amide bonds. The van der Waals surface area contributed by atoms with Gasteiger partial charge < -0.3 is 15.2 Å². The molecule has 0 unspecified atom stereocenters. The van der Waals surface area contributed by atoms with Crippen LogP contribution in [0.15, 0.2) is 12.1 Å². The van der Waals surface area contributed by atoms with E-state index in [9.17, 15) is 13.6 Å². The average Bonchev–Trinajstić information content (AvgIpc) is 2.53. The topological polar surface area (TPSA) is 74.4 Å². The zero-order valence-corrected chi connectivity index (χ0v) is 14.1. The number of pyridine rings is 1. The number of hydrogen-bond acceptors (Lipinski definition) is 5. The summed E-state index contributed by atoms with van der Waals surface area (Å²) in [5, 5.41) is -0.605. The van der Waals surface area contributed by atoms with Crippen molar-refractivity contribution < 1.29 is 23.0 Å². The van der Waals surface area contributed by atoms with E-state index in [-0.39, 0.29) is 34.3 Å². The third-order valence-electron chi connectivity index (χ3n) is 3.04. The van der Waals surface area contributed by atoms with Crippen LogP contribution in [0.25, 0.3) is 11.3 Å². The third-order valence-corrected chi connectivity index (χ3v) is 3.72. The quantitative estimate of drug-likeness (QED) is 0.642. The first-order valence-electron chi connectivity index (χ1n) is 6.66. The smallest absolute Gasteiger partial charge is 0.358 e. The molecule has 0 aliphatic heterocycles. The van der Waals surface area contributed by atoms with Gasteiger partial charge in [0.05, 0.1) is 40.7 Å². The van der Waals surface area contributed by atoms with Crippen molar-refractivity contribution in [2.24, 2.45) is 0 Å². The second kappa shape index (κ2) is 7.19. The first kappa shape index (κ1) is 18.2. The highest BCUT2D eigenvalue weighted by Gasteiger charge is 2.24. The highest BCUT2D eigenvalue weighted by molar-refractivity contribution is 6.35. The number of esters is 1. The Bertz CT molecular complexity index is 816. The minimum absolute atomic E-state index is 0.0541. The van der Waals surface area contributed by atoms with E-state index >= 15 is 0 Å². The zero-order valence-electron chi connectivity index (χ0n) is 12.6. The first-order chi connectivity index (χ1) is 11.3. The summed E-state index contributed by atoms with van der Waals surface area (Å²) in [7, 11) is 1.14. The number of carbonyl (C=O) groups excluding carboxylic acids is 1. The SMILES string of the molecule is CCOC(=O)c1nc(-c2c(F)cc(Cl)c(F)c2OC)cc(N)c1Cl. The summed E-state index contributed by atoms with van der Waals surface area (Å²) in [6.45, 7) is 1.67. The van der Waals surface area contributed by atoms with Gasteiger partial charge in [-0.3, -0.25) is 0 Å². The van der Waals surface area contributed by atoms with Crippen LogP contribution in [0.5, 0.6) is 5.75 Å². The van der Waals surface area contributed by atoms with E-state index in [1.807, 2.05) is 0 Å². The molecule has 2 aromatic rings. The number of nitrogens with two attached hydrogens (primary N) is 1. The van der Waals surface area contributed by atoms with Crippen LogP contribution >= 0.6 is 23.2 Å². The molecule has 2 N–H and O–H groups in total. The van der Waals surface area contributed by atoms with Gasteiger partial charge in [-0.25, -0.2) is 18.6 Å². The molecule has 0 fully saturated rings. The monoisotopic (exact) mass is 376 g/mol. The lowest BCUT2D eigenvalue weighted by Crippen LogP contribution is -2.10. The average molecular weight is 377 g/mol. The summed E-state index contributed by atoms with van der Waals surface area (Å²) in [6, 6.07) is 1.96. The number of carbonyl (C=O) groups is 1. The summed E-state index contributed by atoms with van der Waals surface area (Å²) >= 11 is 11.5. The van der Waals surface area contributed by atoms with Gasteiger partial charge in [-0.15, -0.1) is 0 Å². The fraction of sp³-hybridized carbons (Fsp3) is 0.200. The van der Waals surface area contributed by atoms with Gasteiger partial charge in [0, 0.05) is 0 Å². The molecule has 2 rings (SSSR count). The molecule has 0 aliphatic rings. The second-order valence-electron chi connectivity index (χ2n) is 4.54. The molecule has 128 valence electrons. The molecule has 0 saturated carbocycles. The van der Waals surface area contributed by atoms with Crippen molar-refractivity contribution in [1.29, 1.82) is 0 Å². The van der Waals surface area contributed by atoms with E-state index in [1.54, 1.807) is 6.92 Å². The third kappa shape index (κ3) is 3.22. The van der Waals surface area contributed by atoms with Gasteiger partial charge in [0.25, 0.3) is 0 Å². The Labute approximate surface area is 146 Å². The number of ether oxygens (including phenoxy) is 2. The molecule has 5 nitrogen and oxygen atoms in total. The number of nitrogens with zero attached hydrogens (tertiary/aromatic N) is 1. The summed E-state index contributed by atoms with van der Waals surface area (Å²) in [5.41, 5.74) is 4.88. The Morgan fingerprint density at radius 1 is 1.33 bits per heavy atom. The molecule has 24 heavy (non-hydrogen) atoms. The molecular weight excluding hydrogens is 365 g/mol. The van der Waals surface area contributed by atoms with Crippen molar-refractivity contribution in [3.8, 4) is 17.0 Å². The van der Waals surface area contributed by atoms with Crippen molar-refractivity contribution in [2.45, 2.75) is 6.92 Å². The number of hydrogen-bond donors (Lipinski definition) is 1. The summed E-state index contributed by atoms with van der Waals surface area (Å²) in [6.07, 6.45) is 0. The van der Waals surface area contributed by atoms with Gasteiger partial charge in [-0.05, 0) is 19.1 Å². The van der Waals surface area contributed by atoms with Crippen molar-refractivity contribution in [2.75, 3.05) is 19.5 Å². The van der Waals surface area contributed by atoms with Crippen LogP contribution < -0.4 is 10.5 Å². The van der Waals surface area contributed by atoms with Crippen molar-refractivity contribution in [3.05, 3.63) is 39.5 Å². The standard InChI is InChI=1S/C15H12Cl2F2N2O3/c1-3-24-15(22)13-11(17)8(20)5-9(21-13)10-7(18)4-6(16)12(19)14(10)23-2/h4-5H,3H2,1-2H3,(H2,20,21). The number of anilines is 1. The Kier molecular flexibility index (Phi) is 5.46. The van der Waals surface area contributed by atoms with Crippen LogP contribution in [0.4, 0.5) is 14.5 Å². The fourth-order valence-corrected chi connectivity index (χ4v) is 2.37. The Balaban J connectivity index is 2.75. The lowest BCUT2D eigenvalue weighted by atomic mass is 10.1. The van der Waals surface area contributed by atoms with Crippen LogP contribution in [-0.4, -0.2) is 24.7 Å². The molecule has 0 spiro atoms. The maximum Gasteiger partial charge on any atom is 0.358 e. The van der Waals surface area contributed by atoms with Gasteiger partial charge >= 0.3 is 5.97 Å². The molecule has 1 aromatic heterocycles. The number of nitrogen functional groups attached to an aromatic ring is 1. The van der Waals surface area contributed by atoms with E-state index in [4.69, 9.17) is 38.4 Å². The predicted octanol–water partition coefficient (Wildman–Crippen LogP) is 4.10. The molecule has 0 bridgehead atoms. The predicted molar refractivity (Wildman–Crippen MR) is 86.5 cm³/mol. The molecule has 1 aromatic carbocycles. The van der Waals surface area contributed by atoms with Crippen LogP contribution in [-0.2, 0) is 4.74 Å². The van der Waals surface area contributed by atoms with Crippen molar-refractivity contribution in [1.82, 2.24) is 4.98 Å². The van der Waals surface area contributed by atoms with Crippen LogP contribution in [0.1, 0.15) is 17.4 Å². The van der Waals surface area contributed by atoms with E-state index in [0.717, 1.165) is 13.2 Å². The molecule has 9 heteroatoms. The zero-order chi connectivity index (χ0) is 18.0. The molecule has 0 saturated heterocycles. The van der Waals surface area contributed by atoms with Gasteiger partial charge in [0.1, 0.15) is 5.82 Å². The van der Waals surface area contributed by atoms with Crippen molar-refractivity contribution >= 4 is 34.9 Å². The van der Waals surface area contributed by atoms with Crippen LogP contribution in [0.2, 0.25) is 10.0 Å². The fourth-order valence-electron chi connectivity index (χ4n) is 2.02. The van der Waals surface area contributed by atoms with Gasteiger partial charge in [0.15, 0.2) is 17.3 Å². The number of benzene rings is 1. The number of aromatic nitrogens is 1. The lowest BCUT2D eigenvalue weighted by molar-refractivity contribution is 0.0520. The highest BCUT2D eigenvalue weighted by atomic mass is 35.5. The Hall–Kier alpha value is -2.12.